The van der Waals surface area contributed by atoms with Crippen LogP contribution < -0.4 is 5.73 Å². The lowest BCUT2D eigenvalue weighted by Gasteiger charge is -2.19. The highest BCUT2D eigenvalue weighted by Gasteiger charge is 2.22. The highest BCUT2D eigenvalue weighted by Crippen LogP contribution is 2.36. The number of nitrogen functional groups attached to an aromatic ring is 1. The van der Waals surface area contributed by atoms with E-state index in [1.807, 2.05) is 11.6 Å². The molecular formula is C10H16BrN3. The van der Waals surface area contributed by atoms with Gasteiger partial charge in [-0.15, -0.1) is 0 Å². The van der Waals surface area contributed by atoms with E-state index in [0.717, 1.165) is 10.3 Å². The van der Waals surface area contributed by atoms with Crippen LogP contribution >= 0.6 is 15.9 Å². The molecule has 78 valence electrons. The number of nitrogens with zero attached hydrogens (tertiary/aromatic N) is 2. The Morgan fingerprint density at radius 1 is 1.36 bits per heavy atom. The van der Waals surface area contributed by atoms with Crippen molar-refractivity contribution in [3.63, 3.8) is 0 Å². The molecule has 14 heavy (non-hydrogen) atoms. The van der Waals surface area contributed by atoms with Crippen LogP contribution in [0.4, 0.5) is 5.95 Å². The van der Waals surface area contributed by atoms with Crippen molar-refractivity contribution in [2.24, 2.45) is 7.05 Å². The van der Waals surface area contributed by atoms with Crippen molar-refractivity contribution < 1.29 is 0 Å². The molecule has 3 nitrogen and oxygen atoms in total. The average Bonchev–Trinajstić information content (AvgIpc) is 2.47. The summed E-state index contributed by atoms with van der Waals surface area (Å²) >= 11 is 3.56. The highest BCUT2D eigenvalue weighted by atomic mass is 79.9. The number of hydrogen-bond donors (Lipinski definition) is 1. The van der Waals surface area contributed by atoms with Gasteiger partial charge in [-0.3, -0.25) is 0 Å². The van der Waals surface area contributed by atoms with E-state index >= 15 is 0 Å². The lowest BCUT2D eigenvalue weighted by atomic mass is 9.87. The number of anilines is 1. The lowest BCUT2D eigenvalue weighted by molar-refractivity contribution is 0.436. The van der Waals surface area contributed by atoms with Gasteiger partial charge in [-0.2, -0.15) is 0 Å². The van der Waals surface area contributed by atoms with E-state index in [2.05, 4.69) is 20.9 Å². The molecule has 0 aliphatic heterocycles. The number of halogens is 1. The van der Waals surface area contributed by atoms with Crippen LogP contribution in [0.25, 0.3) is 0 Å². The van der Waals surface area contributed by atoms with Crippen LogP contribution in [0, 0.1) is 0 Å². The van der Waals surface area contributed by atoms with Crippen LogP contribution in [0.2, 0.25) is 0 Å². The topological polar surface area (TPSA) is 43.8 Å². The van der Waals surface area contributed by atoms with Crippen molar-refractivity contribution in [2.75, 3.05) is 5.73 Å². The predicted octanol–water partition coefficient (Wildman–Crippen LogP) is 2.81. The minimum Gasteiger partial charge on any atom is -0.369 e. The van der Waals surface area contributed by atoms with E-state index in [0.29, 0.717) is 11.9 Å². The van der Waals surface area contributed by atoms with Gasteiger partial charge >= 0.3 is 0 Å². The van der Waals surface area contributed by atoms with Gasteiger partial charge in [-0.1, -0.05) is 19.3 Å². The Balaban J connectivity index is 2.26. The van der Waals surface area contributed by atoms with Crippen molar-refractivity contribution in [1.29, 1.82) is 0 Å². The summed E-state index contributed by atoms with van der Waals surface area (Å²) in [7, 11) is 1.94. The van der Waals surface area contributed by atoms with E-state index in [-0.39, 0.29) is 0 Å². The summed E-state index contributed by atoms with van der Waals surface area (Å²) in [6.07, 6.45) is 6.54. The van der Waals surface area contributed by atoms with Crippen LogP contribution in [0.3, 0.4) is 0 Å². The van der Waals surface area contributed by atoms with Crippen LogP contribution in [0.5, 0.6) is 0 Å². The molecule has 2 rings (SSSR count). The summed E-state index contributed by atoms with van der Waals surface area (Å²) in [5.41, 5.74) is 6.93. The number of nitrogens with two attached hydrogens (primary N) is 1. The highest BCUT2D eigenvalue weighted by molar-refractivity contribution is 9.10. The first-order chi connectivity index (χ1) is 6.70. The van der Waals surface area contributed by atoms with Crippen LogP contribution in [0.1, 0.15) is 43.7 Å². The molecule has 1 aliphatic carbocycles. The summed E-state index contributed by atoms with van der Waals surface area (Å²) in [4.78, 5) is 4.43. The molecule has 0 aromatic carbocycles. The molecule has 0 saturated heterocycles. The van der Waals surface area contributed by atoms with Crippen molar-refractivity contribution in [1.82, 2.24) is 9.55 Å². The molecule has 1 fully saturated rings. The summed E-state index contributed by atoms with van der Waals surface area (Å²) in [6, 6.07) is 0. The fraction of sp³-hybridized carbons (Fsp3) is 0.700. The molecule has 0 unspecified atom stereocenters. The third-order valence-corrected chi connectivity index (χ3v) is 4.01. The van der Waals surface area contributed by atoms with Gasteiger partial charge in [0.25, 0.3) is 0 Å². The molecule has 4 heteroatoms. The second-order valence-corrected chi connectivity index (χ2v) is 4.79. The second-order valence-electron chi connectivity index (χ2n) is 4.04. The third-order valence-electron chi connectivity index (χ3n) is 3.08. The zero-order valence-corrected chi connectivity index (χ0v) is 10.0. The first-order valence-electron chi connectivity index (χ1n) is 5.17. The Labute approximate surface area is 92.8 Å². The molecule has 1 saturated carbocycles. The monoisotopic (exact) mass is 257 g/mol. The Bertz CT molecular complexity index is 326. The third kappa shape index (κ3) is 1.67. The SMILES string of the molecule is Cn1c(N)nc(C2CCCCC2)c1Br. The number of imidazole rings is 1. The zero-order chi connectivity index (χ0) is 10.1. The molecule has 1 heterocycles. The van der Waals surface area contributed by atoms with Crippen molar-refractivity contribution in [3.05, 3.63) is 10.3 Å². The van der Waals surface area contributed by atoms with Crippen LogP contribution in [0.15, 0.2) is 4.60 Å². The predicted molar refractivity (Wildman–Crippen MR) is 61.1 cm³/mol. The molecule has 1 aromatic heterocycles. The molecule has 0 atom stereocenters. The van der Waals surface area contributed by atoms with Crippen molar-refractivity contribution >= 4 is 21.9 Å². The van der Waals surface area contributed by atoms with Gasteiger partial charge in [-0.05, 0) is 28.8 Å². The molecule has 0 amide bonds. The standard InChI is InChI=1S/C10H16BrN3/c1-14-9(11)8(13-10(14)12)7-5-3-2-4-6-7/h7H,2-6H2,1H3,(H2,12,13). The Kier molecular flexibility index (Phi) is 2.81. The first-order valence-corrected chi connectivity index (χ1v) is 5.97. The first kappa shape index (κ1) is 10.0. The minimum atomic E-state index is 0.609. The van der Waals surface area contributed by atoms with E-state index in [1.165, 1.54) is 32.1 Å². The van der Waals surface area contributed by atoms with Gasteiger partial charge in [0.2, 0.25) is 5.95 Å². The van der Waals surface area contributed by atoms with E-state index in [4.69, 9.17) is 5.73 Å². The average molecular weight is 258 g/mol. The Hall–Kier alpha value is -0.510. The zero-order valence-electron chi connectivity index (χ0n) is 8.46. The smallest absolute Gasteiger partial charge is 0.201 e. The molecule has 0 bridgehead atoms. The molecular weight excluding hydrogens is 242 g/mol. The fourth-order valence-electron chi connectivity index (χ4n) is 2.15. The summed E-state index contributed by atoms with van der Waals surface area (Å²) in [5, 5.41) is 0. The molecule has 2 N–H and O–H groups in total. The minimum absolute atomic E-state index is 0.609. The van der Waals surface area contributed by atoms with Gasteiger partial charge in [0.1, 0.15) is 4.60 Å². The lowest BCUT2D eigenvalue weighted by Crippen LogP contribution is -2.05. The van der Waals surface area contributed by atoms with Gasteiger partial charge in [0, 0.05) is 13.0 Å². The quantitative estimate of drug-likeness (QED) is 0.841. The number of rotatable bonds is 1. The van der Waals surface area contributed by atoms with E-state index in [9.17, 15) is 0 Å². The molecule has 1 aromatic rings. The molecule has 0 spiro atoms. The fourth-order valence-corrected chi connectivity index (χ4v) is 2.75. The summed E-state index contributed by atoms with van der Waals surface area (Å²) in [5.74, 6) is 1.22. The second kappa shape index (κ2) is 3.93. The van der Waals surface area contributed by atoms with Gasteiger partial charge in [0.05, 0.1) is 5.69 Å². The maximum absolute atomic E-state index is 5.77. The molecule has 0 radical (unpaired) electrons. The largest absolute Gasteiger partial charge is 0.369 e. The van der Waals surface area contributed by atoms with Gasteiger partial charge in [-0.25, -0.2) is 4.98 Å². The summed E-state index contributed by atoms with van der Waals surface area (Å²) in [6.45, 7) is 0. The van der Waals surface area contributed by atoms with Crippen LogP contribution in [-0.4, -0.2) is 9.55 Å². The Morgan fingerprint density at radius 3 is 2.50 bits per heavy atom. The van der Waals surface area contributed by atoms with Crippen molar-refractivity contribution in [3.8, 4) is 0 Å². The Morgan fingerprint density at radius 2 is 2.00 bits per heavy atom. The van der Waals surface area contributed by atoms with Gasteiger partial charge < -0.3 is 10.3 Å². The van der Waals surface area contributed by atoms with Crippen molar-refractivity contribution in [2.45, 2.75) is 38.0 Å². The number of aromatic nitrogens is 2. The summed E-state index contributed by atoms with van der Waals surface area (Å²) < 4.78 is 2.96. The van der Waals surface area contributed by atoms with E-state index < -0.39 is 0 Å². The normalized spacial score (nSPS) is 18.7. The maximum Gasteiger partial charge on any atom is 0.201 e. The number of hydrogen-bond acceptors (Lipinski definition) is 2. The van der Waals surface area contributed by atoms with Crippen LogP contribution in [-0.2, 0) is 7.05 Å². The molecule has 1 aliphatic rings. The maximum atomic E-state index is 5.77. The van der Waals surface area contributed by atoms with E-state index in [1.54, 1.807) is 0 Å². The van der Waals surface area contributed by atoms with Gasteiger partial charge in [0.15, 0.2) is 0 Å².